The Bertz CT molecular complexity index is 454. The van der Waals surface area contributed by atoms with Crippen LogP contribution < -0.4 is 5.73 Å². The van der Waals surface area contributed by atoms with Gasteiger partial charge in [0.25, 0.3) is 0 Å². The van der Waals surface area contributed by atoms with Gasteiger partial charge in [-0.05, 0) is 31.9 Å². The summed E-state index contributed by atoms with van der Waals surface area (Å²) in [6, 6.07) is 2.18. The number of nitrogens with two attached hydrogens (primary N) is 1. The number of carbonyl (C=O) groups excluding carboxylic acids is 1. The van der Waals surface area contributed by atoms with Crippen LogP contribution in [0.5, 0.6) is 0 Å². The minimum absolute atomic E-state index is 0.0443. The Morgan fingerprint density at radius 3 is 2.47 bits per heavy atom. The molecule has 0 aromatic heterocycles. The van der Waals surface area contributed by atoms with E-state index >= 15 is 0 Å². The summed E-state index contributed by atoms with van der Waals surface area (Å²) in [4.78, 5) is 11.7. The first-order chi connectivity index (χ1) is 8.71. The summed E-state index contributed by atoms with van der Waals surface area (Å²) in [7, 11) is 0. The number of halogens is 4. The number of carbonyl (C=O) groups is 1. The van der Waals surface area contributed by atoms with Crippen LogP contribution in [-0.4, -0.2) is 11.8 Å². The molecule has 19 heavy (non-hydrogen) atoms. The fourth-order valence-electron chi connectivity index (χ4n) is 1.65. The van der Waals surface area contributed by atoms with Gasteiger partial charge in [-0.25, -0.2) is 4.39 Å². The monoisotopic (exact) mass is 277 g/mol. The second-order valence-electron chi connectivity index (χ2n) is 4.49. The van der Waals surface area contributed by atoms with Gasteiger partial charge in [-0.15, -0.1) is 0 Å². The molecule has 1 atom stereocenters. The van der Waals surface area contributed by atoms with Crippen molar-refractivity contribution in [1.29, 1.82) is 0 Å². The van der Waals surface area contributed by atoms with Crippen molar-refractivity contribution in [2.24, 2.45) is 5.73 Å². The lowest BCUT2D eigenvalue weighted by Gasteiger charge is -2.09. The quantitative estimate of drug-likeness (QED) is 0.660. The van der Waals surface area contributed by atoms with Crippen molar-refractivity contribution in [3.63, 3.8) is 0 Å². The molecule has 1 unspecified atom stereocenters. The lowest BCUT2D eigenvalue weighted by atomic mass is 10.0. The smallest absolute Gasteiger partial charge is 0.328 e. The van der Waals surface area contributed by atoms with Crippen molar-refractivity contribution in [1.82, 2.24) is 0 Å². The third-order valence-corrected chi connectivity index (χ3v) is 2.66. The van der Waals surface area contributed by atoms with Crippen LogP contribution >= 0.6 is 0 Å². The predicted octanol–water partition coefficient (Wildman–Crippen LogP) is 3.54. The molecule has 2 N–H and O–H groups in total. The van der Waals surface area contributed by atoms with E-state index in [-0.39, 0.29) is 23.8 Å². The zero-order chi connectivity index (χ0) is 14.6. The standard InChI is InChI=1S/C13H15F4NO/c1-8(18)3-2-4-12(19)9-5-6-10(11(14)7-9)13(15,16)17/h5-8H,2-4,18H2,1H3. The molecule has 0 aliphatic heterocycles. The molecule has 2 nitrogen and oxygen atoms in total. The van der Waals surface area contributed by atoms with E-state index in [1.54, 1.807) is 6.92 Å². The van der Waals surface area contributed by atoms with Crippen LogP contribution in [-0.2, 0) is 6.18 Å². The lowest BCUT2D eigenvalue weighted by Crippen LogP contribution is -2.15. The van der Waals surface area contributed by atoms with Crippen LogP contribution in [0.2, 0.25) is 0 Å². The maximum absolute atomic E-state index is 13.3. The van der Waals surface area contributed by atoms with E-state index in [4.69, 9.17) is 5.73 Å². The maximum atomic E-state index is 13.3. The highest BCUT2D eigenvalue weighted by Crippen LogP contribution is 2.31. The molecule has 1 aromatic carbocycles. The van der Waals surface area contributed by atoms with Gasteiger partial charge in [0.2, 0.25) is 0 Å². The first kappa shape index (κ1) is 15.6. The molecule has 1 aromatic rings. The zero-order valence-electron chi connectivity index (χ0n) is 10.4. The van der Waals surface area contributed by atoms with Crippen LogP contribution in [0.4, 0.5) is 17.6 Å². The fraction of sp³-hybridized carbons (Fsp3) is 0.462. The summed E-state index contributed by atoms with van der Waals surface area (Å²) in [6.45, 7) is 1.79. The van der Waals surface area contributed by atoms with Crippen LogP contribution in [0.3, 0.4) is 0 Å². The average molecular weight is 277 g/mol. The summed E-state index contributed by atoms with van der Waals surface area (Å²) in [5.74, 6) is -1.81. The second kappa shape index (κ2) is 6.14. The maximum Gasteiger partial charge on any atom is 0.419 e. The molecular weight excluding hydrogens is 262 g/mol. The Balaban J connectivity index is 2.75. The third kappa shape index (κ3) is 4.63. The third-order valence-electron chi connectivity index (χ3n) is 2.66. The molecule has 0 aliphatic carbocycles. The molecule has 0 amide bonds. The van der Waals surface area contributed by atoms with Gasteiger partial charge in [-0.1, -0.05) is 6.07 Å². The predicted molar refractivity (Wildman–Crippen MR) is 63.2 cm³/mol. The minimum atomic E-state index is -4.75. The highest BCUT2D eigenvalue weighted by Gasteiger charge is 2.34. The van der Waals surface area contributed by atoms with Gasteiger partial charge in [0.15, 0.2) is 5.78 Å². The van der Waals surface area contributed by atoms with E-state index in [0.29, 0.717) is 25.0 Å². The van der Waals surface area contributed by atoms with Crippen LogP contribution in [0, 0.1) is 5.82 Å². The van der Waals surface area contributed by atoms with Gasteiger partial charge in [-0.3, -0.25) is 4.79 Å². The van der Waals surface area contributed by atoms with Crippen molar-refractivity contribution in [3.05, 3.63) is 35.1 Å². The largest absolute Gasteiger partial charge is 0.419 e. The summed E-state index contributed by atoms with van der Waals surface area (Å²) in [5.41, 5.74) is 4.11. The molecule has 0 fully saturated rings. The Labute approximate surface area is 108 Å². The van der Waals surface area contributed by atoms with E-state index in [0.717, 1.165) is 6.07 Å². The molecule has 1 rings (SSSR count). The number of hydrogen-bond acceptors (Lipinski definition) is 2. The lowest BCUT2D eigenvalue weighted by molar-refractivity contribution is -0.140. The Morgan fingerprint density at radius 2 is 2.00 bits per heavy atom. The van der Waals surface area contributed by atoms with E-state index in [1.807, 2.05) is 0 Å². The molecular formula is C13H15F4NO. The highest BCUT2D eigenvalue weighted by atomic mass is 19.4. The number of ketones is 1. The summed E-state index contributed by atoms with van der Waals surface area (Å²) >= 11 is 0. The van der Waals surface area contributed by atoms with Crippen molar-refractivity contribution >= 4 is 5.78 Å². The SMILES string of the molecule is CC(N)CCCC(=O)c1ccc(C(F)(F)F)c(F)c1. The van der Waals surface area contributed by atoms with Gasteiger partial charge < -0.3 is 5.73 Å². The second-order valence-corrected chi connectivity index (χ2v) is 4.49. The van der Waals surface area contributed by atoms with Crippen LogP contribution in [0.25, 0.3) is 0 Å². The average Bonchev–Trinajstić information content (AvgIpc) is 2.26. The van der Waals surface area contributed by atoms with E-state index < -0.39 is 17.6 Å². The summed E-state index contributed by atoms with van der Waals surface area (Å²) < 4.78 is 50.3. The van der Waals surface area contributed by atoms with Crippen molar-refractivity contribution in [3.8, 4) is 0 Å². The van der Waals surface area contributed by atoms with E-state index in [1.165, 1.54) is 0 Å². The molecule has 0 saturated carbocycles. The van der Waals surface area contributed by atoms with Gasteiger partial charge in [0, 0.05) is 18.0 Å². The zero-order valence-corrected chi connectivity index (χ0v) is 10.4. The van der Waals surface area contributed by atoms with Crippen molar-refractivity contribution in [2.45, 2.75) is 38.4 Å². The highest BCUT2D eigenvalue weighted by molar-refractivity contribution is 5.96. The molecule has 0 heterocycles. The van der Waals surface area contributed by atoms with Gasteiger partial charge in [0.05, 0.1) is 5.56 Å². The van der Waals surface area contributed by atoms with Crippen molar-refractivity contribution in [2.75, 3.05) is 0 Å². The Morgan fingerprint density at radius 1 is 1.37 bits per heavy atom. The van der Waals surface area contributed by atoms with Crippen molar-refractivity contribution < 1.29 is 22.4 Å². The molecule has 0 spiro atoms. The number of benzene rings is 1. The first-order valence-electron chi connectivity index (χ1n) is 5.87. The number of Topliss-reactive ketones (excluding diaryl/α,β-unsaturated/α-hetero) is 1. The molecule has 0 saturated heterocycles. The van der Waals surface area contributed by atoms with Gasteiger partial charge in [-0.2, -0.15) is 13.2 Å². The van der Waals surface area contributed by atoms with E-state index in [2.05, 4.69) is 0 Å². The molecule has 106 valence electrons. The topological polar surface area (TPSA) is 43.1 Å². The minimum Gasteiger partial charge on any atom is -0.328 e. The number of rotatable bonds is 5. The van der Waals surface area contributed by atoms with E-state index in [9.17, 15) is 22.4 Å². The van der Waals surface area contributed by atoms with Crippen LogP contribution in [0.1, 0.15) is 42.1 Å². The van der Waals surface area contributed by atoms with Gasteiger partial charge >= 0.3 is 6.18 Å². The van der Waals surface area contributed by atoms with Gasteiger partial charge in [0.1, 0.15) is 5.82 Å². The Kier molecular flexibility index (Phi) is 5.05. The van der Waals surface area contributed by atoms with Crippen LogP contribution in [0.15, 0.2) is 18.2 Å². The first-order valence-corrected chi connectivity index (χ1v) is 5.87. The Hall–Kier alpha value is -1.43. The molecule has 0 aliphatic rings. The molecule has 6 heteroatoms. The number of hydrogen-bond donors (Lipinski definition) is 1. The summed E-state index contributed by atoms with van der Waals surface area (Å²) in [6.07, 6.45) is -3.44. The molecule has 0 radical (unpaired) electrons. The fourth-order valence-corrected chi connectivity index (χ4v) is 1.65. The number of alkyl halides is 3. The molecule has 0 bridgehead atoms. The normalized spacial score (nSPS) is 13.4. The summed E-state index contributed by atoms with van der Waals surface area (Å²) in [5, 5.41) is 0.